The molecule has 2 aliphatic rings. The van der Waals surface area contributed by atoms with Gasteiger partial charge in [-0.2, -0.15) is 0 Å². The third-order valence-electron chi connectivity index (χ3n) is 4.29. The lowest BCUT2D eigenvalue weighted by Crippen LogP contribution is -2.58. The van der Waals surface area contributed by atoms with Crippen LogP contribution in [-0.2, 0) is 0 Å². The highest BCUT2D eigenvalue weighted by Gasteiger charge is 2.46. The summed E-state index contributed by atoms with van der Waals surface area (Å²) in [5.41, 5.74) is 0.0222. The Morgan fingerprint density at radius 3 is 2.40 bits per heavy atom. The molecule has 2 heterocycles. The van der Waals surface area contributed by atoms with Crippen LogP contribution in [0.4, 0.5) is 0 Å². The number of piperidine rings is 1. The van der Waals surface area contributed by atoms with Crippen LogP contribution in [0.25, 0.3) is 0 Å². The molecule has 2 fully saturated rings. The zero-order valence-electron chi connectivity index (χ0n) is 10.00. The van der Waals surface area contributed by atoms with Gasteiger partial charge in [-0.25, -0.2) is 0 Å². The maximum absolute atomic E-state index is 9.64. The van der Waals surface area contributed by atoms with Gasteiger partial charge in [-0.15, -0.1) is 0 Å². The lowest BCUT2D eigenvalue weighted by molar-refractivity contribution is 0.0478. The van der Waals surface area contributed by atoms with Crippen molar-refractivity contribution in [1.29, 1.82) is 0 Å². The van der Waals surface area contributed by atoms with Gasteiger partial charge in [0.25, 0.3) is 0 Å². The van der Waals surface area contributed by atoms with E-state index in [0.717, 1.165) is 25.8 Å². The minimum Gasteiger partial charge on any atom is -0.394 e. The molecule has 2 atom stereocenters. The van der Waals surface area contributed by atoms with Gasteiger partial charge in [-0.1, -0.05) is 6.92 Å². The van der Waals surface area contributed by atoms with Gasteiger partial charge in [0.15, 0.2) is 0 Å². The summed E-state index contributed by atoms with van der Waals surface area (Å²) in [6.07, 6.45) is 6.02. The zero-order valence-corrected chi connectivity index (χ0v) is 10.00. The molecule has 2 aliphatic heterocycles. The van der Waals surface area contributed by atoms with Crippen molar-refractivity contribution in [2.24, 2.45) is 0 Å². The van der Waals surface area contributed by atoms with Gasteiger partial charge in [0, 0.05) is 17.6 Å². The Labute approximate surface area is 92.8 Å². The van der Waals surface area contributed by atoms with E-state index in [9.17, 15) is 5.11 Å². The van der Waals surface area contributed by atoms with Crippen molar-refractivity contribution in [2.75, 3.05) is 20.2 Å². The molecular weight excluding hydrogens is 188 g/mol. The van der Waals surface area contributed by atoms with Crippen molar-refractivity contribution in [2.45, 2.75) is 56.7 Å². The normalized spacial score (nSPS) is 41.0. The average Bonchev–Trinajstić information content (AvgIpc) is 2.51. The average molecular weight is 212 g/mol. The molecule has 0 saturated carbocycles. The van der Waals surface area contributed by atoms with E-state index in [1.165, 1.54) is 12.8 Å². The summed E-state index contributed by atoms with van der Waals surface area (Å²) in [5.74, 6) is 0. The van der Waals surface area contributed by atoms with Crippen molar-refractivity contribution >= 4 is 0 Å². The Balaban J connectivity index is 2.02. The lowest BCUT2D eigenvalue weighted by Gasteiger charge is -2.45. The second-order valence-corrected chi connectivity index (χ2v) is 5.32. The molecular formula is C12H24N2O. The first-order valence-electron chi connectivity index (χ1n) is 6.28. The number of aliphatic hydroxyl groups excluding tert-OH is 1. The summed E-state index contributed by atoms with van der Waals surface area (Å²) in [6, 6.07) is 1.39. The van der Waals surface area contributed by atoms with E-state index < -0.39 is 0 Å². The molecule has 3 heteroatoms. The number of rotatable bonds is 4. The fourth-order valence-corrected chi connectivity index (χ4v) is 3.29. The molecule has 3 nitrogen and oxygen atoms in total. The number of nitrogens with zero attached hydrogens (tertiary/aromatic N) is 1. The van der Waals surface area contributed by atoms with Crippen molar-refractivity contribution in [3.05, 3.63) is 0 Å². The van der Waals surface area contributed by atoms with Gasteiger partial charge in [0.05, 0.1) is 6.61 Å². The van der Waals surface area contributed by atoms with Crippen LogP contribution >= 0.6 is 0 Å². The quantitative estimate of drug-likeness (QED) is 0.729. The van der Waals surface area contributed by atoms with Crippen LogP contribution in [0.2, 0.25) is 0 Å². The van der Waals surface area contributed by atoms with E-state index in [4.69, 9.17) is 0 Å². The van der Waals surface area contributed by atoms with Crippen LogP contribution < -0.4 is 5.32 Å². The first-order valence-corrected chi connectivity index (χ1v) is 6.28. The number of aliphatic hydroxyl groups is 1. The van der Waals surface area contributed by atoms with Gasteiger partial charge in [-0.05, 0) is 45.7 Å². The zero-order chi connectivity index (χ0) is 10.9. The van der Waals surface area contributed by atoms with E-state index in [1.54, 1.807) is 0 Å². The predicted molar refractivity (Wildman–Crippen MR) is 61.9 cm³/mol. The third kappa shape index (κ3) is 2.05. The molecule has 2 bridgehead atoms. The highest BCUT2D eigenvalue weighted by atomic mass is 16.3. The van der Waals surface area contributed by atoms with Crippen LogP contribution in [0.5, 0.6) is 0 Å². The maximum Gasteiger partial charge on any atom is 0.0614 e. The minimum atomic E-state index is 0.0222. The molecule has 0 radical (unpaired) electrons. The largest absolute Gasteiger partial charge is 0.394 e. The van der Waals surface area contributed by atoms with Crippen molar-refractivity contribution < 1.29 is 5.11 Å². The summed E-state index contributed by atoms with van der Waals surface area (Å²) in [5, 5.41) is 13.2. The molecule has 15 heavy (non-hydrogen) atoms. The Bertz CT molecular complexity index is 206. The molecule has 2 saturated heterocycles. The summed E-state index contributed by atoms with van der Waals surface area (Å²) in [4.78, 5) is 2.52. The summed E-state index contributed by atoms with van der Waals surface area (Å²) in [6.45, 7) is 3.51. The summed E-state index contributed by atoms with van der Waals surface area (Å²) >= 11 is 0. The SMILES string of the molecule is CCCNC1(CO)CC2CCC(C1)N2C. The van der Waals surface area contributed by atoms with Crippen molar-refractivity contribution in [3.8, 4) is 0 Å². The number of nitrogens with one attached hydrogen (secondary N) is 1. The molecule has 0 aromatic heterocycles. The van der Waals surface area contributed by atoms with E-state index in [0.29, 0.717) is 18.7 Å². The van der Waals surface area contributed by atoms with Crippen LogP contribution in [0.15, 0.2) is 0 Å². The maximum atomic E-state index is 9.64. The highest BCUT2D eigenvalue weighted by molar-refractivity contribution is 5.04. The second-order valence-electron chi connectivity index (χ2n) is 5.32. The predicted octanol–water partition coefficient (Wildman–Crippen LogP) is 0.974. The Kier molecular flexibility index (Phi) is 3.33. The minimum absolute atomic E-state index is 0.0222. The van der Waals surface area contributed by atoms with Crippen LogP contribution in [0, 0.1) is 0 Å². The fourth-order valence-electron chi connectivity index (χ4n) is 3.29. The number of fused-ring (bicyclic) bond motifs is 2. The molecule has 0 amide bonds. The molecule has 0 aliphatic carbocycles. The van der Waals surface area contributed by atoms with E-state index >= 15 is 0 Å². The molecule has 0 aromatic carbocycles. The first kappa shape index (κ1) is 11.4. The topological polar surface area (TPSA) is 35.5 Å². The van der Waals surface area contributed by atoms with Gasteiger partial charge in [0.1, 0.15) is 0 Å². The van der Waals surface area contributed by atoms with E-state index in [-0.39, 0.29) is 5.54 Å². The summed E-state index contributed by atoms with van der Waals surface area (Å²) in [7, 11) is 2.24. The number of hydrogen-bond donors (Lipinski definition) is 2. The second kappa shape index (κ2) is 4.40. The van der Waals surface area contributed by atoms with E-state index in [1.807, 2.05) is 0 Å². The fraction of sp³-hybridized carbons (Fsp3) is 1.00. The smallest absolute Gasteiger partial charge is 0.0614 e. The van der Waals surface area contributed by atoms with Gasteiger partial charge in [0.2, 0.25) is 0 Å². The molecule has 2 N–H and O–H groups in total. The molecule has 2 unspecified atom stereocenters. The van der Waals surface area contributed by atoms with Crippen LogP contribution in [0.1, 0.15) is 39.0 Å². The van der Waals surface area contributed by atoms with Gasteiger partial charge < -0.3 is 15.3 Å². The lowest BCUT2D eigenvalue weighted by atomic mass is 9.83. The van der Waals surface area contributed by atoms with Crippen LogP contribution in [-0.4, -0.2) is 47.8 Å². The highest BCUT2D eigenvalue weighted by Crippen LogP contribution is 2.39. The molecule has 88 valence electrons. The van der Waals surface area contributed by atoms with Crippen LogP contribution in [0.3, 0.4) is 0 Å². The van der Waals surface area contributed by atoms with Gasteiger partial charge in [-0.3, -0.25) is 0 Å². The number of hydrogen-bond acceptors (Lipinski definition) is 3. The first-order chi connectivity index (χ1) is 7.21. The Morgan fingerprint density at radius 1 is 1.33 bits per heavy atom. The van der Waals surface area contributed by atoms with Crippen molar-refractivity contribution in [3.63, 3.8) is 0 Å². The van der Waals surface area contributed by atoms with Gasteiger partial charge >= 0.3 is 0 Å². The van der Waals surface area contributed by atoms with Crippen molar-refractivity contribution in [1.82, 2.24) is 10.2 Å². The molecule has 2 rings (SSSR count). The molecule has 0 spiro atoms. The monoisotopic (exact) mass is 212 g/mol. The summed E-state index contributed by atoms with van der Waals surface area (Å²) < 4.78 is 0. The van der Waals surface area contributed by atoms with E-state index in [2.05, 4.69) is 24.2 Å². The Morgan fingerprint density at radius 2 is 1.93 bits per heavy atom. The Hall–Kier alpha value is -0.120. The molecule has 0 aromatic rings. The third-order valence-corrected chi connectivity index (χ3v) is 4.29. The standard InChI is InChI=1S/C12H24N2O/c1-3-6-13-12(9-15)7-10-4-5-11(8-12)14(10)2/h10-11,13,15H,3-9H2,1-2H3.